The summed E-state index contributed by atoms with van der Waals surface area (Å²) < 4.78 is 13.7. The summed E-state index contributed by atoms with van der Waals surface area (Å²) in [5, 5.41) is 15.1. The number of guanidine groups is 1. The first-order valence-corrected chi connectivity index (χ1v) is 9.45. The van der Waals surface area contributed by atoms with Gasteiger partial charge in [0.25, 0.3) is 0 Å². The molecule has 0 amide bonds. The van der Waals surface area contributed by atoms with Gasteiger partial charge in [-0.1, -0.05) is 18.2 Å². The van der Waals surface area contributed by atoms with Crippen molar-refractivity contribution in [2.24, 2.45) is 4.99 Å². The predicted octanol–water partition coefficient (Wildman–Crippen LogP) is 2.28. The monoisotopic (exact) mass is 508 g/mol. The van der Waals surface area contributed by atoms with Crippen LogP contribution in [0.2, 0.25) is 0 Å². The Labute approximate surface area is 186 Å². The largest absolute Gasteiger partial charge is 0.486 e. The number of aliphatic imine (C=N–C) groups is 1. The molecule has 0 spiro atoms. The summed E-state index contributed by atoms with van der Waals surface area (Å²) in [5.74, 6) is 3.28. The third kappa shape index (κ3) is 5.28. The van der Waals surface area contributed by atoms with E-state index < -0.39 is 0 Å². The number of halogens is 1. The average Bonchev–Trinajstić information content (AvgIpc) is 3.16. The highest BCUT2D eigenvalue weighted by atomic mass is 127. The van der Waals surface area contributed by atoms with Crippen molar-refractivity contribution < 1.29 is 9.47 Å². The molecule has 4 rings (SSSR count). The summed E-state index contributed by atoms with van der Waals surface area (Å²) in [6.07, 6.45) is 3.69. The van der Waals surface area contributed by atoms with E-state index in [1.807, 2.05) is 53.1 Å². The summed E-state index contributed by atoms with van der Waals surface area (Å²) >= 11 is 0. The number of fused-ring (bicyclic) bond motifs is 2. The average molecular weight is 508 g/mol. The van der Waals surface area contributed by atoms with Crippen molar-refractivity contribution in [3.8, 4) is 11.5 Å². The third-order valence-corrected chi connectivity index (χ3v) is 4.54. The number of rotatable bonds is 6. The van der Waals surface area contributed by atoms with Gasteiger partial charge in [0.2, 0.25) is 0 Å². The molecule has 0 fully saturated rings. The lowest BCUT2D eigenvalue weighted by molar-refractivity contribution is 0.0936. The van der Waals surface area contributed by atoms with Crippen LogP contribution in [0.15, 0.2) is 53.7 Å². The maximum absolute atomic E-state index is 5.95. The molecule has 1 aliphatic heterocycles. The van der Waals surface area contributed by atoms with Gasteiger partial charge in [0.1, 0.15) is 18.5 Å². The molecule has 8 nitrogen and oxygen atoms in total. The van der Waals surface area contributed by atoms with Gasteiger partial charge >= 0.3 is 0 Å². The minimum Gasteiger partial charge on any atom is -0.486 e. The van der Waals surface area contributed by atoms with Gasteiger partial charge in [0.05, 0.1) is 6.54 Å². The fraction of sp³-hybridized carbons (Fsp3) is 0.350. The first-order valence-electron chi connectivity index (χ1n) is 9.45. The molecule has 3 heterocycles. The number of hydrogen-bond donors (Lipinski definition) is 2. The molecule has 0 saturated carbocycles. The van der Waals surface area contributed by atoms with Crippen molar-refractivity contribution in [1.29, 1.82) is 0 Å². The van der Waals surface area contributed by atoms with E-state index in [2.05, 4.69) is 25.8 Å². The lowest BCUT2D eigenvalue weighted by Gasteiger charge is -2.27. The summed E-state index contributed by atoms with van der Waals surface area (Å²) in [5.41, 5.74) is 0.874. The number of aryl methyl sites for hydroxylation is 1. The molecule has 1 aromatic carbocycles. The summed E-state index contributed by atoms with van der Waals surface area (Å²) in [4.78, 5) is 4.27. The maximum atomic E-state index is 5.95. The van der Waals surface area contributed by atoms with Crippen LogP contribution < -0.4 is 20.1 Å². The number of hydrogen-bond acceptors (Lipinski definition) is 5. The lowest BCUT2D eigenvalue weighted by atomic mass is 10.2. The van der Waals surface area contributed by atoms with Crippen LogP contribution >= 0.6 is 24.0 Å². The molecule has 2 aromatic heterocycles. The molecule has 1 aliphatic rings. The molecule has 1 unspecified atom stereocenters. The summed E-state index contributed by atoms with van der Waals surface area (Å²) in [6.45, 7) is 1.91. The Morgan fingerprint density at radius 2 is 1.97 bits per heavy atom. The predicted molar refractivity (Wildman–Crippen MR) is 122 cm³/mol. The first-order chi connectivity index (χ1) is 13.8. The van der Waals surface area contributed by atoms with Crippen molar-refractivity contribution in [3.63, 3.8) is 0 Å². The van der Waals surface area contributed by atoms with Crippen LogP contribution in [0.1, 0.15) is 12.2 Å². The Balaban J connectivity index is 0.00000240. The number of benzene rings is 1. The van der Waals surface area contributed by atoms with E-state index in [-0.39, 0.29) is 30.1 Å². The van der Waals surface area contributed by atoms with E-state index in [1.165, 1.54) is 0 Å². The van der Waals surface area contributed by atoms with Gasteiger partial charge in [-0.15, -0.1) is 34.2 Å². The van der Waals surface area contributed by atoms with Crippen LogP contribution in [0.3, 0.4) is 0 Å². The van der Waals surface area contributed by atoms with Crippen molar-refractivity contribution >= 4 is 35.6 Å². The highest BCUT2D eigenvalue weighted by Crippen LogP contribution is 2.30. The van der Waals surface area contributed by atoms with E-state index in [9.17, 15) is 0 Å². The highest BCUT2D eigenvalue weighted by Gasteiger charge is 2.20. The van der Waals surface area contributed by atoms with Gasteiger partial charge in [0, 0.05) is 26.2 Å². The molecule has 29 heavy (non-hydrogen) atoms. The molecule has 0 aliphatic carbocycles. The minimum atomic E-state index is -0.0594. The summed E-state index contributed by atoms with van der Waals surface area (Å²) in [7, 11) is 1.76. The second kappa shape index (κ2) is 10.3. The Hall–Kier alpha value is -2.56. The van der Waals surface area contributed by atoms with Gasteiger partial charge in [0.15, 0.2) is 23.1 Å². The quantitative estimate of drug-likeness (QED) is 0.230. The topological polar surface area (TPSA) is 85.1 Å². The van der Waals surface area contributed by atoms with Crippen molar-refractivity contribution in [3.05, 3.63) is 54.5 Å². The van der Waals surface area contributed by atoms with Crippen LogP contribution in [-0.2, 0) is 6.42 Å². The highest BCUT2D eigenvalue weighted by molar-refractivity contribution is 14.0. The third-order valence-electron chi connectivity index (χ3n) is 4.54. The molecule has 2 N–H and O–H groups in total. The molecule has 0 saturated heterocycles. The zero-order valence-electron chi connectivity index (χ0n) is 16.2. The van der Waals surface area contributed by atoms with Crippen molar-refractivity contribution in [1.82, 2.24) is 25.2 Å². The fourth-order valence-corrected chi connectivity index (χ4v) is 3.11. The lowest BCUT2D eigenvalue weighted by Crippen LogP contribution is -2.45. The standard InChI is InChI=1S/C20H24N6O2.HI/c1-21-20(23-13-15-14-27-16-7-2-3-8-17(16)28-15)22-11-6-10-19-25-24-18-9-4-5-12-26(18)19;/h2-5,7-9,12,15H,6,10-11,13-14H2,1H3,(H2,21,22,23);1H. The van der Waals surface area contributed by atoms with Crippen molar-refractivity contribution in [2.75, 3.05) is 26.7 Å². The Morgan fingerprint density at radius 3 is 2.83 bits per heavy atom. The normalized spacial score (nSPS) is 15.6. The van der Waals surface area contributed by atoms with Crippen LogP contribution in [0, 0.1) is 0 Å². The molecule has 3 aromatic rings. The number of pyridine rings is 1. The van der Waals surface area contributed by atoms with Gasteiger partial charge in [-0.05, 0) is 30.7 Å². The number of ether oxygens (including phenoxy) is 2. The van der Waals surface area contributed by atoms with Gasteiger partial charge in [-0.25, -0.2) is 0 Å². The fourth-order valence-electron chi connectivity index (χ4n) is 3.11. The molecule has 1 atom stereocenters. The Morgan fingerprint density at radius 1 is 1.14 bits per heavy atom. The summed E-state index contributed by atoms with van der Waals surface area (Å²) in [6, 6.07) is 13.6. The molecule has 154 valence electrons. The van der Waals surface area contributed by atoms with Crippen LogP contribution in [0.25, 0.3) is 5.65 Å². The van der Waals surface area contributed by atoms with E-state index in [4.69, 9.17) is 9.47 Å². The molecular formula is C20H25IN6O2. The SMILES string of the molecule is CN=C(NCCCc1nnc2ccccn12)NCC1COc2ccccc2O1.I. The smallest absolute Gasteiger partial charge is 0.191 e. The van der Waals surface area contributed by atoms with Gasteiger partial charge in [-0.3, -0.25) is 9.39 Å². The number of nitrogens with one attached hydrogen (secondary N) is 2. The molecule has 0 bridgehead atoms. The number of aromatic nitrogens is 3. The van der Waals surface area contributed by atoms with Gasteiger partial charge in [-0.2, -0.15) is 0 Å². The zero-order chi connectivity index (χ0) is 19.2. The molecular weight excluding hydrogens is 483 g/mol. The number of para-hydroxylation sites is 2. The van der Waals surface area contributed by atoms with Gasteiger partial charge < -0.3 is 20.1 Å². The maximum Gasteiger partial charge on any atom is 0.191 e. The first kappa shape index (κ1) is 21.2. The Kier molecular flexibility index (Phi) is 7.50. The van der Waals surface area contributed by atoms with Crippen LogP contribution in [-0.4, -0.2) is 53.4 Å². The van der Waals surface area contributed by atoms with Crippen molar-refractivity contribution in [2.45, 2.75) is 18.9 Å². The minimum absolute atomic E-state index is 0. The van der Waals surface area contributed by atoms with E-state index >= 15 is 0 Å². The molecule has 9 heteroatoms. The zero-order valence-corrected chi connectivity index (χ0v) is 18.6. The van der Waals surface area contributed by atoms with Crippen LogP contribution in [0.4, 0.5) is 0 Å². The van der Waals surface area contributed by atoms with E-state index in [0.29, 0.717) is 13.2 Å². The van der Waals surface area contributed by atoms with Crippen LogP contribution in [0.5, 0.6) is 11.5 Å². The number of nitrogens with zero attached hydrogens (tertiary/aromatic N) is 4. The second-order valence-corrected chi connectivity index (χ2v) is 6.53. The van der Waals surface area contributed by atoms with E-state index in [0.717, 1.165) is 48.3 Å². The Bertz CT molecular complexity index is 961. The van der Waals surface area contributed by atoms with E-state index in [1.54, 1.807) is 7.05 Å². The second-order valence-electron chi connectivity index (χ2n) is 6.53. The molecule has 0 radical (unpaired) electrons.